The monoisotopic (exact) mass is 365 g/mol. The molecular formula is C17H23N3O4S. The number of carbonyl (C=O) groups excluding carboxylic acids is 2. The number of hydrogen-bond acceptors (Lipinski definition) is 5. The summed E-state index contributed by atoms with van der Waals surface area (Å²) in [5, 5.41) is 6.26. The van der Waals surface area contributed by atoms with Gasteiger partial charge in [0.2, 0.25) is 0 Å². The first-order valence-electron chi connectivity index (χ1n) is 8.50. The number of sulfonamides is 1. The molecule has 1 aromatic rings. The van der Waals surface area contributed by atoms with Crippen molar-refractivity contribution in [3.8, 4) is 0 Å². The van der Waals surface area contributed by atoms with Crippen LogP contribution in [0.25, 0.3) is 0 Å². The summed E-state index contributed by atoms with van der Waals surface area (Å²) in [6.45, 7) is 6.23. The Morgan fingerprint density at radius 1 is 1.36 bits per heavy atom. The Hall–Kier alpha value is -1.93. The molecule has 0 bridgehead atoms. The van der Waals surface area contributed by atoms with Crippen molar-refractivity contribution in [2.24, 2.45) is 0 Å². The first-order valence-corrected chi connectivity index (χ1v) is 9.94. The molecule has 2 amide bonds. The van der Waals surface area contributed by atoms with Gasteiger partial charge in [0.05, 0.1) is 5.56 Å². The molecule has 2 aliphatic rings. The van der Waals surface area contributed by atoms with Gasteiger partial charge in [-0.2, -0.15) is 0 Å². The van der Waals surface area contributed by atoms with E-state index < -0.39 is 22.0 Å². The van der Waals surface area contributed by atoms with Gasteiger partial charge in [-0.25, -0.2) is 12.7 Å². The first kappa shape index (κ1) is 17.9. The predicted octanol–water partition coefficient (Wildman–Crippen LogP) is 1.11. The number of benzene rings is 1. The fourth-order valence-corrected chi connectivity index (χ4v) is 5.19. The highest BCUT2D eigenvalue weighted by Gasteiger charge is 2.43. The van der Waals surface area contributed by atoms with Gasteiger partial charge in [0.15, 0.2) is 0 Å². The van der Waals surface area contributed by atoms with E-state index in [0.29, 0.717) is 0 Å². The lowest BCUT2D eigenvalue weighted by Gasteiger charge is -2.30. The summed E-state index contributed by atoms with van der Waals surface area (Å²) in [7, 11) is -3.90. The van der Waals surface area contributed by atoms with E-state index in [4.69, 9.17) is 0 Å². The third-order valence-corrected chi connectivity index (χ3v) is 6.76. The molecule has 3 rings (SSSR count). The standard InChI is InChI=1S/C17H23N3O4S/c1-10(2)20-17(22)13-7-6-12(9-15(13)25(20,23)24)16(21)19-14-5-4-8-18-11(14)3/h6-7,9-11,14,18H,4-5,8H2,1-3H3,(H,19,21). The third-order valence-electron chi connectivity index (χ3n) is 4.76. The molecular weight excluding hydrogens is 342 g/mol. The van der Waals surface area contributed by atoms with Crippen molar-refractivity contribution in [1.82, 2.24) is 14.9 Å². The van der Waals surface area contributed by atoms with Crippen LogP contribution in [0, 0.1) is 0 Å². The fourth-order valence-electron chi connectivity index (χ4n) is 3.39. The van der Waals surface area contributed by atoms with E-state index in [-0.39, 0.29) is 34.0 Å². The summed E-state index contributed by atoms with van der Waals surface area (Å²) in [5.74, 6) is -0.865. The maximum atomic E-state index is 12.6. The molecule has 0 aromatic heterocycles. The van der Waals surface area contributed by atoms with Crippen LogP contribution in [-0.2, 0) is 10.0 Å². The Labute approximate surface area is 147 Å². The molecule has 25 heavy (non-hydrogen) atoms. The Morgan fingerprint density at radius 3 is 2.72 bits per heavy atom. The molecule has 2 aliphatic heterocycles. The van der Waals surface area contributed by atoms with E-state index in [1.54, 1.807) is 13.8 Å². The number of nitrogens with one attached hydrogen (secondary N) is 2. The van der Waals surface area contributed by atoms with Crippen molar-refractivity contribution in [1.29, 1.82) is 0 Å². The Kier molecular flexibility index (Phi) is 4.59. The van der Waals surface area contributed by atoms with Crippen molar-refractivity contribution < 1.29 is 18.0 Å². The van der Waals surface area contributed by atoms with Gasteiger partial charge in [-0.05, 0) is 58.4 Å². The minimum absolute atomic E-state index is 0.0000869. The van der Waals surface area contributed by atoms with Gasteiger partial charge >= 0.3 is 0 Å². The lowest BCUT2D eigenvalue weighted by atomic mass is 9.99. The number of rotatable bonds is 3. The van der Waals surface area contributed by atoms with Crippen molar-refractivity contribution in [3.63, 3.8) is 0 Å². The van der Waals surface area contributed by atoms with Gasteiger partial charge in [-0.1, -0.05) is 0 Å². The molecule has 1 fully saturated rings. The summed E-state index contributed by atoms with van der Waals surface area (Å²) >= 11 is 0. The zero-order valence-electron chi connectivity index (χ0n) is 14.6. The number of amides is 2. The average molecular weight is 365 g/mol. The smallest absolute Gasteiger partial charge is 0.269 e. The number of nitrogens with zero attached hydrogens (tertiary/aromatic N) is 1. The van der Waals surface area contributed by atoms with Crippen LogP contribution in [-0.4, -0.2) is 49.2 Å². The average Bonchev–Trinajstić information content (AvgIpc) is 2.75. The summed E-state index contributed by atoms with van der Waals surface area (Å²) in [6, 6.07) is 3.92. The van der Waals surface area contributed by atoms with E-state index >= 15 is 0 Å². The molecule has 2 atom stereocenters. The zero-order valence-corrected chi connectivity index (χ0v) is 15.4. The first-order chi connectivity index (χ1) is 11.7. The van der Waals surface area contributed by atoms with Gasteiger partial charge in [-0.15, -0.1) is 0 Å². The SMILES string of the molecule is CC1NCCCC1NC(=O)c1ccc2c(c1)S(=O)(=O)N(C(C)C)C2=O. The predicted molar refractivity (Wildman–Crippen MR) is 92.9 cm³/mol. The third kappa shape index (κ3) is 3.04. The summed E-state index contributed by atoms with van der Waals surface area (Å²) in [4.78, 5) is 24.8. The molecule has 136 valence electrons. The minimum Gasteiger partial charge on any atom is -0.348 e. The highest BCUT2D eigenvalue weighted by molar-refractivity contribution is 7.90. The van der Waals surface area contributed by atoms with Crippen LogP contribution in [0.15, 0.2) is 23.1 Å². The van der Waals surface area contributed by atoms with Crippen LogP contribution in [0.3, 0.4) is 0 Å². The van der Waals surface area contributed by atoms with Crippen LogP contribution < -0.4 is 10.6 Å². The molecule has 0 aliphatic carbocycles. The molecule has 1 aromatic carbocycles. The van der Waals surface area contributed by atoms with Crippen molar-refractivity contribution >= 4 is 21.8 Å². The van der Waals surface area contributed by atoms with Crippen molar-refractivity contribution in [3.05, 3.63) is 29.3 Å². The van der Waals surface area contributed by atoms with E-state index in [1.807, 2.05) is 6.92 Å². The molecule has 0 spiro atoms. The summed E-state index contributed by atoms with van der Waals surface area (Å²) in [6.07, 6.45) is 1.86. The molecule has 8 heteroatoms. The second-order valence-corrected chi connectivity index (χ2v) is 8.66. The number of fused-ring (bicyclic) bond motifs is 1. The Bertz CT molecular complexity index is 819. The van der Waals surface area contributed by atoms with Crippen LogP contribution in [0.2, 0.25) is 0 Å². The normalized spacial score (nSPS) is 25.1. The van der Waals surface area contributed by atoms with Crippen LogP contribution in [0.1, 0.15) is 54.3 Å². The maximum absolute atomic E-state index is 12.6. The van der Waals surface area contributed by atoms with Gasteiger partial charge in [-0.3, -0.25) is 9.59 Å². The number of carbonyl (C=O) groups is 2. The minimum atomic E-state index is -3.90. The number of hydrogen-bond donors (Lipinski definition) is 2. The highest BCUT2D eigenvalue weighted by atomic mass is 32.2. The molecule has 2 heterocycles. The van der Waals surface area contributed by atoms with E-state index in [0.717, 1.165) is 23.7 Å². The molecule has 0 saturated carbocycles. The topological polar surface area (TPSA) is 95.6 Å². The second-order valence-electron chi connectivity index (χ2n) is 6.88. The number of piperidine rings is 1. The van der Waals surface area contributed by atoms with Gasteiger partial charge in [0.25, 0.3) is 21.8 Å². The second kappa shape index (κ2) is 6.42. The largest absolute Gasteiger partial charge is 0.348 e. The molecule has 2 N–H and O–H groups in total. The van der Waals surface area contributed by atoms with Gasteiger partial charge in [0, 0.05) is 23.7 Å². The van der Waals surface area contributed by atoms with E-state index in [9.17, 15) is 18.0 Å². The lowest BCUT2D eigenvalue weighted by molar-refractivity contribution is 0.0844. The Balaban J connectivity index is 1.89. The Morgan fingerprint density at radius 2 is 2.08 bits per heavy atom. The van der Waals surface area contributed by atoms with Crippen LogP contribution in [0.5, 0.6) is 0 Å². The van der Waals surface area contributed by atoms with E-state index in [1.165, 1.54) is 18.2 Å². The van der Waals surface area contributed by atoms with Crippen molar-refractivity contribution in [2.75, 3.05) is 6.54 Å². The van der Waals surface area contributed by atoms with Gasteiger partial charge < -0.3 is 10.6 Å². The molecule has 7 nitrogen and oxygen atoms in total. The van der Waals surface area contributed by atoms with Crippen molar-refractivity contribution in [2.45, 2.75) is 56.6 Å². The zero-order chi connectivity index (χ0) is 18.4. The van der Waals surface area contributed by atoms with Gasteiger partial charge in [0.1, 0.15) is 4.90 Å². The summed E-state index contributed by atoms with van der Waals surface area (Å²) in [5.41, 5.74) is 0.372. The van der Waals surface area contributed by atoms with E-state index in [2.05, 4.69) is 10.6 Å². The molecule has 2 unspecified atom stereocenters. The fraction of sp³-hybridized carbons (Fsp3) is 0.529. The summed E-state index contributed by atoms with van der Waals surface area (Å²) < 4.78 is 26.1. The lowest BCUT2D eigenvalue weighted by Crippen LogP contribution is -2.51. The quantitative estimate of drug-likeness (QED) is 0.837. The highest BCUT2D eigenvalue weighted by Crippen LogP contribution is 2.32. The van der Waals surface area contributed by atoms with Crippen LogP contribution in [0.4, 0.5) is 0 Å². The maximum Gasteiger partial charge on any atom is 0.269 e. The molecule has 1 saturated heterocycles. The van der Waals surface area contributed by atoms with Crippen LogP contribution >= 0.6 is 0 Å². The molecule has 0 radical (unpaired) electrons.